The van der Waals surface area contributed by atoms with Crippen molar-refractivity contribution in [3.05, 3.63) is 0 Å². The zero-order valence-corrected chi connectivity index (χ0v) is 14.5. The minimum Gasteiger partial charge on any atom is -0.381 e. The maximum atomic E-state index is 11.5. The van der Waals surface area contributed by atoms with Crippen LogP contribution in [-0.4, -0.2) is 23.5 Å². The summed E-state index contributed by atoms with van der Waals surface area (Å²) in [5.41, 5.74) is 0. The van der Waals surface area contributed by atoms with Crippen molar-refractivity contribution >= 4 is 23.5 Å². The van der Waals surface area contributed by atoms with Crippen LogP contribution in [0.1, 0.15) is 90.9 Å². The van der Waals surface area contributed by atoms with Crippen molar-refractivity contribution in [2.24, 2.45) is 0 Å². The number of hydrogen-bond donors (Lipinski definition) is 0. The van der Waals surface area contributed by atoms with Gasteiger partial charge in [-0.15, -0.1) is 0 Å². The Hall–Kier alpha value is -1.52. The van der Waals surface area contributed by atoms with E-state index in [4.69, 9.17) is 0 Å². The second-order valence-electron chi connectivity index (χ2n) is 5.85. The molecule has 0 aliphatic rings. The molecule has 5 heteroatoms. The van der Waals surface area contributed by atoms with Crippen LogP contribution in [0.4, 0.5) is 0 Å². The third-order valence-corrected chi connectivity index (χ3v) is 3.66. The Kier molecular flexibility index (Phi) is 13.2. The van der Waals surface area contributed by atoms with Gasteiger partial charge in [0.2, 0.25) is 11.6 Å². The number of hydrogen-bond acceptors (Lipinski definition) is 5. The van der Waals surface area contributed by atoms with E-state index in [1.165, 1.54) is 0 Å². The summed E-state index contributed by atoms with van der Waals surface area (Å²) in [5, 5.41) is 0. The fourth-order valence-corrected chi connectivity index (χ4v) is 2.18. The molecule has 0 aromatic carbocycles. The largest absolute Gasteiger partial charge is 0.382 e. The predicted molar refractivity (Wildman–Crippen MR) is 87.9 cm³/mol. The molecule has 0 aliphatic carbocycles. The van der Waals surface area contributed by atoms with E-state index in [1.807, 2.05) is 0 Å². The van der Waals surface area contributed by atoms with Crippen LogP contribution in [0.3, 0.4) is 0 Å². The van der Waals surface area contributed by atoms with E-state index in [0.29, 0.717) is 12.8 Å². The van der Waals surface area contributed by atoms with Crippen LogP contribution < -0.4 is 0 Å². The lowest BCUT2D eigenvalue weighted by Crippen LogP contribution is -2.26. The minimum absolute atomic E-state index is 0.0705. The average molecular weight is 326 g/mol. The van der Waals surface area contributed by atoms with Gasteiger partial charge in [-0.2, -0.15) is 0 Å². The van der Waals surface area contributed by atoms with Gasteiger partial charge < -0.3 is 4.74 Å². The first kappa shape index (κ1) is 21.5. The summed E-state index contributed by atoms with van der Waals surface area (Å²) in [6.45, 7) is 4.18. The van der Waals surface area contributed by atoms with Crippen molar-refractivity contribution < 1.29 is 23.9 Å². The van der Waals surface area contributed by atoms with Crippen LogP contribution in [0.25, 0.3) is 0 Å². The number of carbonyl (C=O) groups is 4. The molecule has 0 aromatic rings. The first-order valence-electron chi connectivity index (χ1n) is 8.85. The Morgan fingerprint density at radius 3 is 1.26 bits per heavy atom. The molecular weight excluding hydrogens is 296 g/mol. The van der Waals surface area contributed by atoms with E-state index in [0.717, 1.165) is 51.4 Å². The van der Waals surface area contributed by atoms with Crippen molar-refractivity contribution in [1.29, 1.82) is 0 Å². The molecule has 23 heavy (non-hydrogen) atoms. The third kappa shape index (κ3) is 11.7. The highest BCUT2D eigenvalue weighted by Crippen LogP contribution is 2.07. The molecule has 0 unspecified atom stereocenters. The first-order chi connectivity index (χ1) is 11.0. The Morgan fingerprint density at radius 2 is 0.913 bits per heavy atom. The van der Waals surface area contributed by atoms with Crippen molar-refractivity contribution in [1.82, 2.24) is 0 Å². The zero-order chi connectivity index (χ0) is 17.5. The normalized spacial score (nSPS) is 10.3. The number of esters is 2. The Balaban J connectivity index is 3.87. The van der Waals surface area contributed by atoms with E-state index in [1.54, 1.807) is 0 Å². The monoisotopic (exact) mass is 326 g/mol. The molecule has 132 valence electrons. The third-order valence-electron chi connectivity index (χ3n) is 3.66. The molecule has 0 fully saturated rings. The zero-order valence-electron chi connectivity index (χ0n) is 14.5. The van der Waals surface area contributed by atoms with Gasteiger partial charge in [-0.25, -0.2) is 9.59 Å². The molecule has 0 atom stereocenters. The van der Waals surface area contributed by atoms with Crippen molar-refractivity contribution in [2.45, 2.75) is 90.9 Å². The fourth-order valence-electron chi connectivity index (χ4n) is 2.18. The maximum Gasteiger partial charge on any atom is 0.382 e. The molecule has 0 heterocycles. The van der Waals surface area contributed by atoms with E-state index < -0.39 is 23.5 Å². The van der Waals surface area contributed by atoms with Gasteiger partial charge in [-0.3, -0.25) is 9.59 Å². The molecule has 0 amide bonds. The molecule has 0 bridgehead atoms. The molecule has 0 radical (unpaired) electrons. The summed E-state index contributed by atoms with van der Waals surface area (Å²) in [5.74, 6) is -3.87. The number of unbranched alkanes of at least 4 members (excludes halogenated alkanes) is 8. The van der Waals surface area contributed by atoms with Gasteiger partial charge in [-0.1, -0.05) is 65.2 Å². The van der Waals surface area contributed by atoms with Crippen LogP contribution in [0, 0.1) is 0 Å². The molecule has 0 saturated carbocycles. The Bertz CT molecular complexity index is 351. The van der Waals surface area contributed by atoms with Gasteiger partial charge >= 0.3 is 11.9 Å². The SMILES string of the molecule is CCCCCCCC(=O)C(=O)OC(=O)C(=O)CCCCCCC. The second kappa shape index (κ2) is 14.1. The second-order valence-corrected chi connectivity index (χ2v) is 5.85. The molecule has 0 spiro atoms. The van der Waals surface area contributed by atoms with E-state index in [2.05, 4.69) is 18.6 Å². The summed E-state index contributed by atoms with van der Waals surface area (Å²) >= 11 is 0. The van der Waals surface area contributed by atoms with Crippen LogP contribution >= 0.6 is 0 Å². The van der Waals surface area contributed by atoms with Crippen LogP contribution in [0.5, 0.6) is 0 Å². The van der Waals surface area contributed by atoms with Crippen LogP contribution in [0.15, 0.2) is 0 Å². The lowest BCUT2D eigenvalue weighted by Gasteiger charge is -2.02. The lowest BCUT2D eigenvalue weighted by molar-refractivity contribution is -0.167. The molecule has 0 saturated heterocycles. The predicted octanol–water partition coefficient (Wildman–Crippen LogP) is 3.92. The summed E-state index contributed by atoms with van der Waals surface area (Å²) < 4.78 is 4.35. The van der Waals surface area contributed by atoms with Gasteiger partial charge in [0.05, 0.1) is 0 Å². The number of rotatable bonds is 14. The fraction of sp³-hybridized carbons (Fsp3) is 0.778. The Labute approximate surface area is 139 Å². The van der Waals surface area contributed by atoms with Crippen LogP contribution in [-0.2, 0) is 23.9 Å². The molecule has 0 N–H and O–H groups in total. The van der Waals surface area contributed by atoms with Gasteiger partial charge in [-0.05, 0) is 12.8 Å². The standard InChI is InChI=1S/C18H30O5/c1-3-5-7-9-11-13-15(19)17(21)23-18(22)16(20)14-12-10-8-6-4-2/h3-14H2,1-2H3. The molecular formula is C18H30O5. The quantitative estimate of drug-likeness (QED) is 0.209. The van der Waals surface area contributed by atoms with Crippen LogP contribution in [0.2, 0.25) is 0 Å². The minimum atomic E-state index is -1.20. The smallest absolute Gasteiger partial charge is 0.381 e. The topological polar surface area (TPSA) is 77.5 Å². The maximum absolute atomic E-state index is 11.5. The number of ether oxygens (including phenoxy) is 1. The number of carbonyl (C=O) groups excluding carboxylic acids is 4. The van der Waals surface area contributed by atoms with E-state index in [-0.39, 0.29) is 12.8 Å². The lowest BCUT2D eigenvalue weighted by atomic mass is 10.1. The highest BCUT2D eigenvalue weighted by molar-refractivity contribution is 6.42. The summed E-state index contributed by atoms with van der Waals surface area (Å²) in [6, 6.07) is 0. The molecule has 5 nitrogen and oxygen atoms in total. The Morgan fingerprint density at radius 1 is 0.565 bits per heavy atom. The van der Waals surface area contributed by atoms with Gasteiger partial charge in [0.1, 0.15) is 0 Å². The number of Topliss-reactive ketones (excluding diaryl/α,β-unsaturated/α-hetero) is 2. The van der Waals surface area contributed by atoms with Gasteiger partial charge in [0.15, 0.2) is 0 Å². The summed E-state index contributed by atoms with van der Waals surface area (Å²) in [6.07, 6.45) is 9.55. The van der Waals surface area contributed by atoms with Crippen molar-refractivity contribution in [2.75, 3.05) is 0 Å². The molecule has 0 aliphatic heterocycles. The first-order valence-corrected chi connectivity index (χ1v) is 8.85. The van der Waals surface area contributed by atoms with Crippen molar-refractivity contribution in [3.63, 3.8) is 0 Å². The highest BCUT2D eigenvalue weighted by Gasteiger charge is 2.23. The molecule has 0 rings (SSSR count). The van der Waals surface area contributed by atoms with E-state index >= 15 is 0 Å². The summed E-state index contributed by atoms with van der Waals surface area (Å²) in [4.78, 5) is 46.0. The van der Waals surface area contributed by atoms with Gasteiger partial charge in [0, 0.05) is 12.8 Å². The van der Waals surface area contributed by atoms with Gasteiger partial charge in [0.25, 0.3) is 0 Å². The highest BCUT2D eigenvalue weighted by atomic mass is 16.6. The van der Waals surface area contributed by atoms with E-state index in [9.17, 15) is 19.2 Å². The summed E-state index contributed by atoms with van der Waals surface area (Å²) in [7, 11) is 0. The molecule has 0 aromatic heterocycles. The van der Waals surface area contributed by atoms with Crippen molar-refractivity contribution in [3.8, 4) is 0 Å². The number of ketones is 2. The average Bonchev–Trinajstić information content (AvgIpc) is 2.53.